The molecule has 3 fully saturated rings. The van der Waals surface area contributed by atoms with Crippen LogP contribution in [0.25, 0.3) is 0 Å². The quantitative estimate of drug-likeness (QED) is 0.437. The van der Waals surface area contributed by atoms with Crippen LogP contribution in [0.2, 0.25) is 0 Å². The molecule has 0 bridgehead atoms. The summed E-state index contributed by atoms with van der Waals surface area (Å²) in [4.78, 5) is 0. The van der Waals surface area contributed by atoms with Gasteiger partial charge >= 0.3 is 0 Å². The van der Waals surface area contributed by atoms with Crippen LogP contribution in [0.15, 0.2) is 12.1 Å². The first kappa shape index (κ1) is 23.1. The van der Waals surface area contributed by atoms with Crippen molar-refractivity contribution in [3.63, 3.8) is 0 Å². The van der Waals surface area contributed by atoms with Crippen LogP contribution < -0.4 is 0 Å². The molecule has 3 saturated carbocycles. The molecule has 4 unspecified atom stereocenters. The normalized spacial score (nSPS) is 39.4. The molecule has 0 radical (unpaired) electrons. The number of ether oxygens (including phenoxy) is 1. The maximum atomic E-state index is 15.0. The van der Waals surface area contributed by atoms with Gasteiger partial charge in [0.15, 0.2) is 17.8 Å². The first-order chi connectivity index (χ1) is 14.9. The van der Waals surface area contributed by atoms with Crippen LogP contribution in [0.1, 0.15) is 94.1 Å². The van der Waals surface area contributed by atoms with Crippen molar-refractivity contribution in [1.82, 2.24) is 0 Å². The molecule has 31 heavy (non-hydrogen) atoms. The van der Waals surface area contributed by atoms with Gasteiger partial charge in [0.1, 0.15) is 6.17 Å². The Bertz CT molecular complexity index is 737. The molecule has 1 nitrogen and oxygen atoms in total. The zero-order chi connectivity index (χ0) is 22.1. The largest absolute Gasteiger partial charge is 0.378 e. The monoisotopic (exact) mass is 440 g/mol. The van der Waals surface area contributed by atoms with E-state index in [4.69, 9.17) is 4.74 Å². The van der Waals surface area contributed by atoms with Crippen molar-refractivity contribution in [1.29, 1.82) is 0 Å². The number of hydrogen-bond donors (Lipinski definition) is 0. The molecule has 0 aromatic heterocycles. The molecule has 174 valence electrons. The van der Waals surface area contributed by atoms with E-state index >= 15 is 4.39 Å². The minimum absolute atomic E-state index is 0.0154. The van der Waals surface area contributed by atoms with Crippen LogP contribution in [-0.2, 0) is 4.74 Å². The molecule has 3 aliphatic rings. The van der Waals surface area contributed by atoms with Gasteiger partial charge in [0.2, 0.25) is 0 Å². The van der Waals surface area contributed by atoms with Gasteiger partial charge in [-0.05, 0) is 86.2 Å². The summed E-state index contributed by atoms with van der Waals surface area (Å²) in [5, 5.41) is 0. The van der Waals surface area contributed by atoms with E-state index in [1.807, 2.05) is 0 Å². The number of halogens is 4. The highest BCUT2D eigenvalue weighted by Gasteiger charge is 2.42. The lowest BCUT2D eigenvalue weighted by Gasteiger charge is -2.37. The van der Waals surface area contributed by atoms with Crippen LogP contribution in [0.3, 0.4) is 0 Å². The molecule has 0 N–H and O–H groups in total. The third-order valence-corrected chi connectivity index (χ3v) is 8.59. The Labute approximate surface area is 183 Å². The van der Waals surface area contributed by atoms with Crippen LogP contribution >= 0.6 is 0 Å². The first-order valence-electron chi connectivity index (χ1n) is 12.2. The molecule has 4 atom stereocenters. The van der Waals surface area contributed by atoms with Gasteiger partial charge < -0.3 is 4.74 Å². The second-order valence-corrected chi connectivity index (χ2v) is 10.4. The van der Waals surface area contributed by atoms with Gasteiger partial charge in [-0.15, -0.1) is 0 Å². The summed E-state index contributed by atoms with van der Waals surface area (Å²) in [6.07, 6.45) is 5.17. The molecule has 0 saturated heterocycles. The summed E-state index contributed by atoms with van der Waals surface area (Å²) in [5.74, 6) is -0.458. The Balaban J connectivity index is 1.42. The zero-order valence-electron chi connectivity index (χ0n) is 18.8. The van der Waals surface area contributed by atoms with E-state index in [2.05, 4.69) is 6.92 Å². The standard InChI is InChI=1S/C26H36F4O/c1-15-3-5-16(6-4-15)17-7-9-18(10-8-17)19-11-12-20(24(28)23(19)27)21-13-14-22(31-2)26(30)25(21)29/h11-12,15-18,21-22,25-26H,3-10,13-14H2,1-2H3. The highest BCUT2D eigenvalue weighted by Crippen LogP contribution is 2.45. The fourth-order valence-corrected chi connectivity index (χ4v) is 6.50. The van der Waals surface area contributed by atoms with E-state index in [-0.39, 0.29) is 17.9 Å². The van der Waals surface area contributed by atoms with Crippen molar-refractivity contribution in [2.24, 2.45) is 17.8 Å². The molecule has 5 heteroatoms. The van der Waals surface area contributed by atoms with Gasteiger partial charge in [0.05, 0.1) is 6.10 Å². The van der Waals surface area contributed by atoms with Crippen LogP contribution in [-0.4, -0.2) is 25.6 Å². The summed E-state index contributed by atoms with van der Waals surface area (Å²) >= 11 is 0. The van der Waals surface area contributed by atoms with Crippen molar-refractivity contribution in [2.45, 2.75) is 101 Å². The third-order valence-electron chi connectivity index (χ3n) is 8.59. The molecular formula is C26H36F4O. The molecule has 0 spiro atoms. The van der Waals surface area contributed by atoms with E-state index in [1.54, 1.807) is 6.07 Å². The number of hydrogen-bond acceptors (Lipinski definition) is 1. The number of methoxy groups -OCH3 is 1. The third kappa shape index (κ3) is 4.67. The van der Waals surface area contributed by atoms with Gasteiger partial charge in [-0.25, -0.2) is 17.6 Å². The van der Waals surface area contributed by atoms with Crippen LogP contribution in [0, 0.1) is 29.4 Å². The van der Waals surface area contributed by atoms with E-state index < -0.39 is 36.0 Å². The van der Waals surface area contributed by atoms with E-state index in [0.717, 1.165) is 37.5 Å². The van der Waals surface area contributed by atoms with E-state index in [1.165, 1.54) is 38.9 Å². The molecule has 0 heterocycles. The molecule has 1 aromatic carbocycles. The van der Waals surface area contributed by atoms with Crippen molar-refractivity contribution in [3.8, 4) is 0 Å². The Kier molecular flexibility index (Phi) is 7.30. The molecule has 1 aromatic rings. The van der Waals surface area contributed by atoms with Gasteiger partial charge in [-0.2, -0.15) is 0 Å². The lowest BCUT2D eigenvalue weighted by molar-refractivity contribution is -0.0419. The van der Waals surface area contributed by atoms with Gasteiger partial charge in [0.25, 0.3) is 0 Å². The van der Waals surface area contributed by atoms with E-state index in [9.17, 15) is 13.2 Å². The fourth-order valence-electron chi connectivity index (χ4n) is 6.50. The average Bonchev–Trinajstić information content (AvgIpc) is 2.79. The molecule has 0 aliphatic heterocycles. The smallest absolute Gasteiger partial charge is 0.162 e. The Morgan fingerprint density at radius 2 is 1.26 bits per heavy atom. The van der Waals surface area contributed by atoms with Crippen LogP contribution in [0.5, 0.6) is 0 Å². The first-order valence-corrected chi connectivity index (χ1v) is 12.2. The lowest BCUT2D eigenvalue weighted by Crippen LogP contribution is -2.41. The maximum absolute atomic E-state index is 15.0. The minimum atomic E-state index is -1.88. The molecule has 0 amide bonds. The Morgan fingerprint density at radius 3 is 1.87 bits per heavy atom. The topological polar surface area (TPSA) is 9.23 Å². The fraction of sp³-hybridized carbons (Fsp3) is 0.769. The molecular weight excluding hydrogens is 404 g/mol. The number of alkyl halides is 2. The summed E-state index contributed by atoms with van der Waals surface area (Å²) in [6.45, 7) is 2.33. The molecule has 4 rings (SSSR count). The predicted octanol–water partition coefficient (Wildman–Crippen LogP) is 7.63. The summed E-state index contributed by atoms with van der Waals surface area (Å²) in [7, 11) is 1.35. The van der Waals surface area contributed by atoms with Gasteiger partial charge in [-0.1, -0.05) is 31.9 Å². The highest BCUT2D eigenvalue weighted by atomic mass is 19.2. The van der Waals surface area contributed by atoms with Crippen molar-refractivity contribution in [3.05, 3.63) is 34.9 Å². The SMILES string of the molecule is COC1CCC(c2ccc(C3CCC(C4CCC(C)CC4)CC3)c(F)c2F)C(F)C1F. The minimum Gasteiger partial charge on any atom is -0.378 e. The van der Waals surface area contributed by atoms with Gasteiger partial charge in [0, 0.05) is 13.0 Å². The lowest BCUT2D eigenvalue weighted by atomic mass is 9.68. The number of rotatable bonds is 4. The van der Waals surface area contributed by atoms with Crippen molar-refractivity contribution < 1.29 is 22.3 Å². The summed E-state index contributed by atoms with van der Waals surface area (Å²) < 4.78 is 63.9. The summed E-state index contributed by atoms with van der Waals surface area (Å²) in [6, 6.07) is 3.13. The van der Waals surface area contributed by atoms with Crippen LogP contribution in [0.4, 0.5) is 17.6 Å². The Morgan fingerprint density at radius 1 is 0.710 bits per heavy atom. The second kappa shape index (κ2) is 9.80. The number of benzene rings is 1. The van der Waals surface area contributed by atoms with Crippen molar-refractivity contribution >= 4 is 0 Å². The Hall–Kier alpha value is -1.10. The van der Waals surface area contributed by atoms with E-state index in [0.29, 0.717) is 17.9 Å². The van der Waals surface area contributed by atoms with Gasteiger partial charge in [-0.3, -0.25) is 0 Å². The zero-order valence-corrected chi connectivity index (χ0v) is 18.8. The maximum Gasteiger partial charge on any atom is 0.162 e. The summed E-state index contributed by atoms with van der Waals surface area (Å²) in [5.41, 5.74) is 0.380. The van der Waals surface area contributed by atoms with Crippen molar-refractivity contribution in [2.75, 3.05) is 7.11 Å². The predicted molar refractivity (Wildman–Crippen MR) is 115 cm³/mol. The average molecular weight is 441 g/mol. The molecule has 3 aliphatic carbocycles. The highest BCUT2D eigenvalue weighted by molar-refractivity contribution is 5.33. The second-order valence-electron chi connectivity index (χ2n) is 10.4.